The second-order valence-electron chi connectivity index (χ2n) is 5.53. The molecule has 0 atom stereocenters. The van der Waals surface area contributed by atoms with Gasteiger partial charge in [-0.2, -0.15) is 4.68 Å². The summed E-state index contributed by atoms with van der Waals surface area (Å²) in [5.74, 6) is 0.130. The van der Waals surface area contributed by atoms with Crippen LogP contribution in [-0.4, -0.2) is 45.4 Å². The van der Waals surface area contributed by atoms with Crippen LogP contribution in [0.2, 0.25) is 0 Å². The molecule has 2 heterocycles. The molecule has 0 aliphatic carbocycles. The molecule has 1 aliphatic heterocycles. The van der Waals surface area contributed by atoms with Crippen LogP contribution < -0.4 is 5.32 Å². The summed E-state index contributed by atoms with van der Waals surface area (Å²) in [6, 6.07) is 0. The van der Waals surface area contributed by atoms with Crippen molar-refractivity contribution in [1.29, 1.82) is 0 Å². The second kappa shape index (κ2) is 6.68. The zero-order chi connectivity index (χ0) is 18.1. The Labute approximate surface area is 143 Å². The van der Waals surface area contributed by atoms with Gasteiger partial charge in [0.25, 0.3) is 0 Å². The number of nitrogens with zero attached hydrogens (tertiary/aromatic N) is 3. The van der Waals surface area contributed by atoms with Gasteiger partial charge in [-0.15, -0.1) is 5.10 Å². The van der Waals surface area contributed by atoms with Crippen molar-refractivity contribution in [2.24, 2.45) is 0 Å². The van der Waals surface area contributed by atoms with Crippen molar-refractivity contribution in [2.75, 3.05) is 18.5 Å². The third-order valence-corrected chi connectivity index (χ3v) is 3.91. The van der Waals surface area contributed by atoms with E-state index in [9.17, 15) is 14.4 Å². The standard InChI is InChI=1S/C14H19ClN4O5/c1-5-23-12(21)16-10-8-7-18(11(15)20)14(3,4)9(8)19(17-10)13(22)24-6-2/h5-7H2,1-4H3,(H,16,17,21). The number of rotatable bonds is 3. The summed E-state index contributed by atoms with van der Waals surface area (Å²) in [7, 11) is 0. The highest BCUT2D eigenvalue weighted by atomic mass is 35.5. The van der Waals surface area contributed by atoms with E-state index in [1.165, 1.54) is 4.90 Å². The van der Waals surface area contributed by atoms with E-state index in [2.05, 4.69) is 10.4 Å². The monoisotopic (exact) mass is 358 g/mol. The molecule has 0 saturated heterocycles. The summed E-state index contributed by atoms with van der Waals surface area (Å²) in [4.78, 5) is 37.0. The fraction of sp³-hybridized carbons (Fsp3) is 0.571. The number of halogens is 1. The topological polar surface area (TPSA) is 103 Å². The molecule has 132 valence electrons. The fourth-order valence-electron chi connectivity index (χ4n) is 2.68. The Kier molecular flexibility index (Phi) is 5.02. The van der Waals surface area contributed by atoms with Crippen LogP contribution in [0.4, 0.5) is 20.2 Å². The van der Waals surface area contributed by atoms with Crippen LogP contribution in [0, 0.1) is 0 Å². The zero-order valence-corrected chi connectivity index (χ0v) is 14.6. The molecule has 0 radical (unpaired) electrons. The number of anilines is 1. The van der Waals surface area contributed by atoms with Gasteiger partial charge in [0.1, 0.15) is 0 Å². The number of hydrogen-bond acceptors (Lipinski definition) is 6. The Morgan fingerprint density at radius 2 is 1.88 bits per heavy atom. The maximum atomic E-state index is 12.2. The Morgan fingerprint density at radius 1 is 1.25 bits per heavy atom. The molecule has 0 spiro atoms. The molecule has 1 aliphatic rings. The first-order valence-corrected chi connectivity index (χ1v) is 7.82. The van der Waals surface area contributed by atoms with Gasteiger partial charge in [0, 0.05) is 5.56 Å². The molecule has 9 nitrogen and oxygen atoms in total. The van der Waals surface area contributed by atoms with E-state index in [1.807, 2.05) is 0 Å². The molecular weight excluding hydrogens is 340 g/mol. The van der Waals surface area contributed by atoms with Crippen LogP contribution >= 0.6 is 11.6 Å². The minimum absolute atomic E-state index is 0.103. The lowest BCUT2D eigenvalue weighted by molar-refractivity contribution is 0.138. The molecule has 2 amide bonds. The summed E-state index contributed by atoms with van der Waals surface area (Å²) in [6.07, 6.45) is -1.41. The summed E-state index contributed by atoms with van der Waals surface area (Å²) < 4.78 is 10.9. The molecule has 1 aromatic rings. The average Bonchev–Trinajstić information content (AvgIpc) is 2.96. The summed E-state index contributed by atoms with van der Waals surface area (Å²) in [6.45, 7) is 7.23. The van der Waals surface area contributed by atoms with Gasteiger partial charge in [0.05, 0.1) is 31.0 Å². The van der Waals surface area contributed by atoms with Crippen molar-refractivity contribution >= 4 is 35.0 Å². The van der Waals surface area contributed by atoms with Crippen LogP contribution in [0.15, 0.2) is 0 Å². The molecule has 1 aromatic heterocycles. The molecule has 0 aromatic carbocycles. The molecule has 0 saturated carbocycles. The van der Waals surface area contributed by atoms with Gasteiger partial charge in [-0.1, -0.05) is 0 Å². The Bertz CT molecular complexity index is 685. The van der Waals surface area contributed by atoms with E-state index >= 15 is 0 Å². The molecule has 0 bridgehead atoms. The van der Waals surface area contributed by atoms with Gasteiger partial charge in [0.15, 0.2) is 5.82 Å². The van der Waals surface area contributed by atoms with Gasteiger partial charge in [-0.25, -0.2) is 9.59 Å². The minimum atomic E-state index is -0.900. The van der Waals surface area contributed by atoms with Crippen LogP contribution in [-0.2, 0) is 21.6 Å². The van der Waals surface area contributed by atoms with Gasteiger partial charge in [-0.05, 0) is 39.3 Å². The van der Waals surface area contributed by atoms with Crippen molar-refractivity contribution in [3.63, 3.8) is 0 Å². The maximum Gasteiger partial charge on any atom is 0.435 e. The first-order chi connectivity index (χ1) is 11.2. The Hall–Kier alpha value is -2.29. The molecule has 2 rings (SSSR count). The number of carbonyl (C=O) groups is 3. The van der Waals surface area contributed by atoms with Gasteiger partial charge >= 0.3 is 17.6 Å². The Morgan fingerprint density at radius 3 is 2.42 bits per heavy atom. The van der Waals surface area contributed by atoms with E-state index < -0.39 is 23.1 Å². The maximum absolute atomic E-state index is 12.2. The third-order valence-electron chi connectivity index (χ3n) is 3.70. The van der Waals surface area contributed by atoms with Crippen molar-refractivity contribution in [3.8, 4) is 0 Å². The van der Waals surface area contributed by atoms with Gasteiger partial charge < -0.3 is 14.4 Å². The number of amides is 2. The van der Waals surface area contributed by atoms with Crippen molar-refractivity contribution < 1.29 is 23.9 Å². The summed E-state index contributed by atoms with van der Waals surface area (Å²) >= 11 is 5.65. The number of nitrogens with one attached hydrogen (secondary N) is 1. The van der Waals surface area contributed by atoms with Crippen molar-refractivity contribution in [3.05, 3.63) is 11.3 Å². The number of fused-ring (bicyclic) bond motifs is 1. The van der Waals surface area contributed by atoms with Gasteiger partial charge in [-0.3, -0.25) is 10.1 Å². The quantitative estimate of drug-likeness (QED) is 0.658. The fourth-order valence-corrected chi connectivity index (χ4v) is 2.95. The SMILES string of the molecule is CCOC(=O)Nc1nn(C(=O)OCC)c2c1CN(C(=O)Cl)C2(C)C. The van der Waals surface area contributed by atoms with Crippen LogP contribution in [0.25, 0.3) is 0 Å². The van der Waals surface area contributed by atoms with Crippen LogP contribution in [0.3, 0.4) is 0 Å². The van der Waals surface area contributed by atoms with Crippen molar-refractivity contribution in [2.45, 2.75) is 39.8 Å². The molecule has 0 fully saturated rings. The predicted octanol–water partition coefficient (Wildman–Crippen LogP) is 2.87. The minimum Gasteiger partial charge on any atom is -0.450 e. The van der Waals surface area contributed by atoms with Crippen LogP contribution in [0.1, 0.15) is 39.0 Å². The average molecular weight is 359 g/mol. The third kappa shape index (κ3) is 3.03. The van der Waals surface area contributed by atoms with E-state index in [0.29, 0.717) is 11.3 Å². The van der Waals surface area contributed by atoms with E-state index in [0.717, 1.165) is 4.68 Å². The largest absolute Gasteiger partial charge is 0.450 e. The number of ether oxygens (including phenoxy) is 2. The van der Waals surface area contributed by atoms with Crippen molar-refractivity contribution in [1.82, 2.24) is 14.7 Å². The first-order valence-electron chi connectivity index (χ1n) is 7.44. The van der Waals surface area contributed by atoms with Crippen LogP contribution in [0.5, 0.6) is 0 Å². The predicted molar refractivity (Wildman–Crippen MR) is 85.1 cm³/mol. The molecule has 1 N–H and O–H groups in total. The lowest BCUT2D eigenvalue weighted by Gasteiger charge is -2.30. The number of hydrogen-bond donors (Lipinski definition) is 1. The lowest BCUT2D eigenvalue weighted by Crippen LogP contribution is -2.39. The highest BCUT2D eigenvalue weighted by Crippen LogP contribution is 2.42. The van der Waals surface area contributed by atoms with E-state index in [-0.39, 0.29) is 25.6 Å². The highest BCUT2D eigenvalue weighted by Gasteiger charge is 2.46. The molecular formula is C14H19ClN4O5. The van der Waals surface area contributed by atoms with Gasteiger partial charge in [0.2, 0.25) is 0 Å². The molecule has 24 heavy (non-hydrogen) atoms. The van der Waals surface area contributed by atoms with E-state index in [1.54, 1.807) is 27.7 Å². The second-order valence-corrected chi connectivity index (χ2v) is 5.85. The lowest BCUT2D eigenvalue weighted by atomic mass is 10.0. The highest BCUT2D eigenvalue weighted by molar-refractivity contribution is 6.62. The Balaban J connectivity index is 2.51. The molecule has 10 heteroatoms. The summed E-state index contributed by atoms with van der Waals surface area (Å²) in [5.41, 5.74) is 0.0413. The number of carbonyl (C=O) groups excluding carboxylic acids is 3. The number of aromatic nitrogens is 2. The summed E-state index contributed by atoms with van der Waals surface area (Å²) in [5, 5.41) is 5.91. The smallest absolute Gasteiger partial charge is 0.435 e. The molecule has 0 unspecified atom stereocenters. The van der Waals surface area contributed by atoms with E-state index in [4.69, 9.17) is 21.1 Å². The zero-order valence-electron chi connectivity index (χ0n) is 13.9. The first kappa shape index (κ1) is 18.1. The normalized spacial score (nSPS) is 15.0.